The summed E-state index contributed by atoms with van der Waals surface area (Å²) < 4.78 is 1.83. The summed E-state index contributed by atoms with van der Waals surface area (Å²) in [4.78, 5) is 16.3. The minimum atomic E-state index is 0.0712. The lowest BCUT2D eigenvalue weighted by atomic mass is 9.98. The second-order valence-electron chi connectivity index (χ2n) is 6.57. The molecule has 0 aliphatic carbocycles. The van der Waals surface area contributed by atoms with Gasteiger partial charge >= 0.3 is 0 Å². The van der Waals surface area contributed by atoms with Crippen LogP contribution in [0.3, 0.4) is 0 Å². The Balaban J connectivity index is 2.19. The summed E-state index contributed by atoms with van der Waals surface area (Å²) in [5.74, 6) is 0. The number of aryl methyl sites for hydroxylation is 1. The molecule has 0 aliphatic rings. The van der Waals surface area contributed by atoms with E-state index in [2.05, 4.69) is 30.1 Å². The molecule has 0 amide bonds. The maximum absolute atomic E-state index is 12.8. The number of nitrogens with zero attached hydrogens (tertiary/aromatic N) is 1. The molecule has 1 N–H and O–H groups in total. The third-order valence-electron chi connectivity index (χ3n) is 4.67. The molecule has 0 spiro atoms. The first-order valence-electron chi connectivity index (χ1n) is 8.29. The monoisotopic (exact) mass is 316 g/mol. The van der Waals surface area contributed by atoms with Crippen molar-refractivity contribution in [1.82, 2.24) is 9.55 Å². The maximum Gasteiger partial charge on any atom is 0.258 e. The number of pyridine rings is 1. The standard InChI is InChI=1S/C21H20N2O/c1-13(2)23-12-18(15-8-4-5-9-16(15)21(23)24)20-14(3)22-19-11-7-6-10-17(19)20/h4-13,22H,1-3H3. The number of rotatable bonds is 2. The molecule has 120 valence electrons. The van der Waals surface area contributed by atoms with Gasteiger partial charge in [0.25, 0.3) is 5.56 Å². The number of hydrogen-bond donors (Lipinski definition) is 1. The fraction of sp³-hybridized carbons (Fsp3) is 0.190. The summed E-state index contributed by atoms with van der Waals surface area (Å²) in [5, 5.41) is 2.97. The van der Waals surface area contributed by atoms with Gasteiger partial charge in [-0.1, -0.05) is 36.4 Å². The van der Waals surface area contributed by atoms with Crippen LogP contribution in [0.15, 0.2) is 59.5 Å². The molecule has 4 aromatic rings. The molecule has 0 radical (unpaired) electrons. The summed E-state index contributed by atoms with van der Waals surface area (Å²) in [6, 6.07) is 16.3. The van der Waals surface area contributed by atoms with E-state index in [1.165, 1.54) is 10.9 Å². The minimum Gasteiger partial charge on any atom is -0.358 e. The molecule has 2 aromatic heterocycles. The Hall–Kier alpha value is -2.81. The zero-order valence-corrected chi connectivity index (χ0v) is 14.1. The Morgan fingerprint density at radius 1 is 0.917 bits per heavy atom. The van der Waals surface area contributed by atoms with Crippen LogP contribution in [0.5, 0.6) is 0 Å². The number of hydrogen-bond acceptors (Lipinski definition) is 1. The van der Waals surface area contributed by atoms with Gasteiger partial charge in [0.1, 0.15) is 0 Å². The van der Waals surface area contributed by atoms with Crippen molar-refractivity contribution in [2.75, 3.05) is 0 Å². The average Bonchev–Trinajstić information content (AvgIpc) is 2.91. The number of nitrogens with one attached hydrogen (secondary N) is 1. The number of benzene rings is 2. The Labute approximate surface area is 140 Å². The number of fused-ring (bicyclic) bond motifs is 2. The third kappa shape index (κ3) is 2.08. The van der Waals surface area contributed by atoms with E-state index in [9.17, 15) is 4.79 Å². The van der Waals surface area contributed by atoms with Gasteiger partial charge in [-0.3, -0.25) is 4.79 Å². The van der Waals surface area contributed by atoms with E-state index in [1.54, 1.807) is 0 Å². The highest BCUT2D eigenvalue weighted by Gasteiger charge is 2.16. The summed E-state index contributed by atoms with van der Waals surface area (Å²) in [7, 11) is 0. The van der Waals surface area contributed by atoms with Crippen molar-refractivity contribution in [1.29, 1.82) is 0 Å². The molecule has 0 saturated carbocycles. The van der Waals surface area contributed by atoms with Crippen molar-refractivity contribution in [3.05, 3.63) is 70.8 Å². The van der Waals surface area contributed by atoms with E-state index >= 15 is 0 Å². The highest BCUT2D eigenvalue weighted by atomic mass is 16.1. The third-order valence-corrected chi connectivity index (χ3v) is 4.67. The van der Waals surface area contributed by atoms with E-state index in [0.717, 1.165) is 27.5 Å². The summed E-state index contributed by atoms with van der Waals surface area (Å²) in [5.41, 5.74) is 4.60. The van der Waals surface area contributed by atoms with Crippen LogP contribution < -0.4 is 5.56 Å². The SMILES string of the molecule is Cc1[nH]c2ccccc2c1-c1cn(C(C)C)c(=O)c2ccccc12. The molecule has 3 heteroatoms. The lowest BCUT2D eigenvalue weighted by Crippen LogP contribution is -2.21. The molecular formula is C21H20N2O. The van der Waals surface area contributed by atoms with Crippen molar-refractivity contribution >= 4 is 21.7 Å². The van der Waals surface area contributed by atoms with E-state index in [1.807, 2.05) is 54.9 Å². The molecule has 0 fully saturated rings. The average molecular weight is 316 g/mol. The zero-order chi connectivity index (χ0) is 16.8. The van der Waals surface area contributed by atoms with Gasteiger partial charge in [0.15, 0.2) is 0 Å². The van der Waals surface area contributed by atoms with Gasteiger partial charge in [-0.05, 0) is 38.3 Å². The maximum atomic E-state index is 12.8. The molecular weight excluding hydrogens is 296 g/mol. The highest BCUT2D eigenvalue weighted by molar-refractivity contribution is 6.05. The number of H-pyrrole nitrogens is 1. The van der Waals surface area contributed by atoms with Crippen LogP contribution >= 0.6 is 0 Å². The predicted octanol–water partition coefficient (Wildman–Crippen LogP) is 5.04. The zero-order valence-electron chi connectivity index (χ0n) is 14.1. The molecule has 2 aromatic carbocycles. The fourth-order valence-electron chi connectivity index (χ4n) is 3.52. The van der Waals surface area contributed by atoms with Gasteiger partial charge in [0.05, 0.1) is 0 Å². The predicted molar refractivity (Wildman–Crippen MR) is 101 cm³/mol. The van der Waals surface area contributed by atoms with Crippen molar-refractivity contribution in [3.8, 4) is 11.1 Å². The van der Waals surface area contributed by atoms with Crippen molar-refractivity contribution < 1.29 is 0 Å². The second-order valence-corrected chi connectivity index (χ2v) is 6.57. The van der Waals surface area contributed by atoms with Gasteiger partial charge in [0, 0.05) is 45.3 Å². The molecule has 0 unspecified atom stereocenters. The summed E-state index contributed by atoms with van der Waals surface area (Å²) in [6.45, 7) is 6.18. The van der Waals surface area contributed by atoms with E-state index < -0.39 is 0 Å². The summed E-state index contributed by atoms with van der Waals surface area (Å²) >= 11 is 0. The topological polar surface area (TPSA) is 37.8 Å². The van der Waals surface area contributed by atoms with E-state index in [0.29, 0.717) is 0 Å². The number of aromatic amines is 1. The van der Waals surface area contributed by atoms with E-state index in [4.69, 9.17) is 0 Å². The van der Waals surface area contributed by atoms with Crippen molar-refractivity contribution in [2.24, 2.45) is 0 Å². The first-order chi connectivity index (χ1) is 11.6. The van der Waals surface area contributed by atoms with Gasteiger partial charge in [0.2, 0.25) is 0 Å². The second kappa shape index (κ2) is 5.38. The van der Waals surface area contributed by atoms with Crippen LogP contribution in [0, 0.1) is 6.92 Å². The van der Waals surface area contributed by atoms with Crippen LogP contribution in [-0.4, -0.2) is 9.55 Å². The molecule has 2 heterocycles. The lowest BCUT2D eigenvalue weighted by Gasteiger charge is -2.15. The Morgan fingerprint density at radius 3 is 2.25 bits per heavy atom. The molecule has 4 rings (SSSR count). The van der Waals surface area contributed by atoms with E-state index in [-0.39, 0.29) is 11.6 Å². The molecule has 0 atom stereocenters. The minimum absolute atomic E-state index is 0.0712. The molecule has 0 aliphatic heterocycles. The van der Waals surface area contributed by atoms with Gasteiger partial charge in [-0.15, -0.1) is 0 Å². The first-order valence-corrected chi connectivity index (χ1v) is 8.29. The Morgan fingerprint density at radius 2 is 1.54 bits per heavy atom. The molecule has 0 saturated heterocycles. The highest BCUT2D eigenvalue weighted by Crippen LogP contribution is 2.35. The quantitative estimate of drug-likeness (QED) is 0.553. The Kier molecular flexibility index (Phi) is 3.31. The smallest absolute Gasteiger partial charge is 0.258 e. The van der Waals surface area contributed by atoms with Crippen LogP contribution in [0.4, 0.5) is 0 Å². The first kappa shape index (κ1) is 14.8. The number of aromatic nitrogens is 2. The Bertz CT molecular complexity index is 1120. The molecule has 3 nitrogen and oxygen atoms in total. The van der Waals surface area contributed by atoms with Crippen molar-refractivity contribution in [2.45, 2.75) is 26.8 Å². The lowest BCUT2D eigenvalue weighted by molar-refractivity contribution is 0.583. The van der Waals surface area contributed by atoms with Crippen molar-refractivity contribution in [3.63, 3.8) is 0 Å². The van der Waals surface area contributed by atoms with Crippen LogP contribution in [0.1, 0.15) is 25.6 Å². The van der Waals surface area contributed by atoms with Gasteiger partial charge < -0.3 is 9.55 Å². The fourth-order valence-corrected chi connectivity index (χ4v) is 3.52. The van der Waals surface area contributed by atoms with Gasteiger partial charge in [-0.2, -0.15) is 0 Å². The van der Waals surface area contributed by atoms with Crippen LogP contribution in [-0.2, 0) is 0 Å². The largest absolute Gasteiger partial charge is 0.358 e. The van der Waals surface area contributed by atoms with Gasteiger partial charge in [-0.25, -0.2) is 0 Å². The normalized spacial score (nSPS) is 11.7. The summed E-state index contributed by atoms with van der Waals surface area (Å²) in [6.07, 6.45) is 2.01. The molecule has 0 bridgehead atoms. The molecule has 24 heavy (non-hydrogen) atoms. The van der Waals surface area contributed by atoms with Crippen LogP contribution in [0.25, 0.3) is 32.8 Å². The number of para-hydroxylation sites is 1. The van der Waals surface area contributed by atoms with Crippen LogP contribution in [0.2, 0.25) is 0 Å².